The molecule has 6 nitrogen and oxygen atoms in total. The molecule has 1 aliphatic rings. The first-order chi connectivity index (χ1) is 10.0. The highest BCUT2D eigenvalue weighted by Gasteiger charge is 2.24. The summed E-state index contributed by atoms with van der Waals surface area (Å²) in [5, 5.41) is 7.13. The summed E-state index contributed by atoms with van der Waals surface area (Å²) >= 11 is 1.27. The lowest BCUT2D eigenvalue weighted by Gasteiger charge is -2.31. The zero-order valence-electron chi connectivity index (χ0n) is 13.0. The minimum atomic E-state index is -0.148. The molecule has 1 aromatic rings. The molecule has 1 aromatic heterocycles. The number of carbonyl (C=O) groups excluding carboxylic acids is 1. The van der Waals surface area contributed by atoms with Crippen LogP contribution < -0.4 is 16.4 Å². The number of nitrogen functional groups attached to an aromatic ring is 1. The Kier molecular flexibility index (Phi) is 5.41. The first-order valence-corrected chi connectivity index (χ1v) is 8.33. The Hall–Kier alpha value is -1.34. The number of rotatable bonds is 5. The maximum atomic E-state index is 12.2. The number of likely N-dealkylation sites (tertiary alicyclic amines) is 1. The SMILES string of the molecule is CCN1CCC(Nc2snc(N)c2C(=O)NC(C)C)CC1. The molecule has 0 unspecified atom stereocenters. The molecule has 4 N–H and O–H groups in total. The number of hydrogen-bond donors (Lipinski definition) is 3. The molecule has 0 bridgehead atoms. The molecule has 7 heteroatoms. The monoisotopic (exact) mass is 311 g/mol. The van der Waals surface area contributed by atoms with E-state index in [4.69, 9.17) is 5.73 Å². The van der Waals surface area contributed by atoms with E-state index >= 15 is 0 Å². The van der Waals surface area contributed by atoms with Gasteiger partial charge in [-0.3, -0.25) is 4.79 Å². The standard InChI is InChI=1S/C14H25N5OS/c1-4-19-7-5-10(6-8-19)17-14-11(12(15)18-21-14)13(20)16-9(2)3/h9-10,17H,4-8H2,1-3H3,(H2,15,18)(H,16,20). The van der Waals surface area contributed by atoms with Gasteiger partial charge < -0.3 is 21.3 Å². The van der Waals surface area contributed by atoms with E-state index in [1.54, 1.807) is 0 Å². The van der Waals surface area contributed by atoms with Crippen LogP contribution in [0.1, 0.15) is 44.0 Å². The molecule has 1 amide bonds. The summed E-state index contributed by atoms with van der Waals surface area (Å²) in [4.78, 5) is 14.7. The highest BCUT2D eigenvalue weighted by atomic mass is 32.1. The minimum Gasteiger partial charge on any atom is -0.382 e. The maximum Gasteiger partial charge on any atom is 0.258 e. The Morgan fingerprint density at radius 1 is 1.48 bits per heavy atom. The van der Waals surface area contributed by atoms with Crippen molar-refractivity contribution in [2.75, 3.05) is 30.7 Å². The number of nitrogens with two attached hydrogens (primary N) is 1. The molecule has 1 aliphatic heterocycles. The van der Waals surface area contributed by atoms with Gasteiger partial charge in [-0.2, -0.15) is 4.37 Å². The van der Waals surface area contributed by atoms with Crippen LogP contribution in [0.5, 0.6) is 0 Å². The molecule has 118 valence electrons. The average molecular weight is 311 g/mol. The first-order valence-electron chi connectivity index (χ1n) is 7.56. The molecule has 1 fully saturated rings. The summed E-state index contributed by atoms with van der Waals surface area (Å²) in [5.74, 6) is 0.163. The van der Waals surface area contributed by atoms with Gasteiger partial charge in [0.1, 0.15) is 10.6 Å². The van der Waals surface area contributed by atoms with E-state index in [-0.39, 0.29) is 11.9 Å². The van der Waals surface area contributed by atoms with E-state index < -0.39 is 0 Å². The van der Waals surface area contributed by atoms with E-state index in [0.29, 0.717) is 17.4 Å². The molecular formula is C14H25N5OS. The number of hydrogen-bond acceptors (Lipinski definition) is 6. The highest BCUT2D eigenvalue weighted by molar-refractivity contribution is 7.11. The molecule has 0 aliphatic carbocycles. The van der Waals surface area contributed by atoms with Crippen LogP contribution in [0.15, 0.2) is 0 Å². The van der Waals surface area contributed by atoms with Crippen molar-refractivity contribution in [1.29, 1.82) is 0 Å². The summed E-state index contributed by atoms with van der Waals surface area (Å²) in [7, 11) is 0. The predicted molar refractivity (Wildman–Crippen MR) is 87.9 cm³/mol. The van der Waals surface area contributed by atoms with Crippen LogP contribution in [0.25, 0.3) is 0 Å². The molecule has 0 aromatic carbocycles. The van der Waals surface area contributed by atoms with Crippen LogP contribution in [0, 0.1) is 0 Å². The van der Waals surface area contributed by atoms with Gasteiger partial charge in [0.05, 0.1) is 0 Å². The van der Waals surface area contributed by atoms with Crippen molar-refractivity contribution in [2.24, 2.45) is 0 Å². The number of carbonyl (C=O) groups is 1. The topological polar surface area (TPSA) is 83.3 Å². The molecule has 1 saturated heterocycles. The summed E-state index contributed by atoms with van der Waals surface area (Å²) in [6, 6.07) is 0.468. The zero-order valence-corrected chi connectivity index (χ0v) is 13.8. The van der Waals surface area contributed by atoms with E-state index in [2.05, 4.69) is 26.8 Å². The van der Waals surface area contributed by atoms with Crippen molar-refractivity contribution in [1.82, 2.24) is 14.6 Å². The van der Waals surface area contributed by atoms with Crippen LogP contribution >= 0.6 is 11.5 Å². The quantitative estimate of drug-likeness (QED) is 0.772. The van der Waals surface area contributed by atoms with Gasteiger partial charge in [0.2, 0.25) is 0 Å². The van der Waals surface area contributed by atoms with Crippen molar-refractivity contribution < 1.29 is 4.79 Å². The Morgan fingerprint density at radius 2 is 2.14 bits per heavy atom. The van der Waals surface area contributed by atoms with Gasteiger partial charge in [-0.1, -0.05) is 6.92 Å². The fourth-order valence-electron chi connectivity index (χ4n) is 2.53. The third kappa shape index (κ3) is 4.07. The van der Waals surface area contributed by atoms with E-state index in [1.165, 1.54) is 11.5 Å². The number of nitrogens with one attached hydrogen (secondary N) is 2. The van der Waals surface area contributed by atoms with Crippen LogP contribution in [0.3, 0.4) is 0 Å². The number of piperidine rings is 1. The Balaban J connectivity index is 2.02. The number of aromatic nitrogens is 1. The van der Waals surface area contributed by atoms with Gasteiger partial charge in [-0.15, -0.1) is 0 Å². The van der Waals surface area contributed by atoms with Crippen LogP contribution in [-0.4, -0.2) is 46.9 Å². The van der Waals surface area contributed by atoms with Crippen molar-refractivity contribution in [2.45, 2.75) is 45.7 Å². The molecule has 21 heavy (non-hydrogen) atoms. The fourth-order valence-corrected chi connectivity index (χ4v) is 3.32. The van der Waals surface area contributed by atoms with Crippen molar-refractivity contribution >= 4 is 28.3 Å². The van der Waals surface area contributed by atoms with Gasteiger partial charge in [0.25, 0.3) is 5.91 Å². The van der Waals surface area contributed by atoms with E-state index in [9.17, 15) is 4.79 Å². The van der Waals surface area contributed by atoms with Crippen LogP contribution in [0.2, 0.25) is 0 Å². The first kappa shape index (κ1) is 16.0. The van der Waals surface area contributed by atoms with Gasteiger partial charge in [-0.05, 0) is 44.8 Å². The van der Waals surface area contributed by atoms with Gasteiger partial charge in [0.15, 0.2) is 5.82 Å². The number of amides is 1. The summed E-state index contributed by atoms with van der Waals surface area (Å²) < 4.78 is 4.13. The zero-order chi connectivity index (χ0) is 15.4. The molecule has 0 radical (unpaired) electrons. The second-order valence-corrected chi connectivity index (χ2v) is 6.53. The summed E-state index contributed by atoms with van der Waals surface area (Å²) in [6.45, 7) is 9.34. The van der Waals surface area contributed by atoms with E-state index in [1.807, 2.05) is 13.8 Å². The smallest absolute Gasteiger partial charge is 0.258 e. The number of nitrogens with zero attached hydrogens (tertiary/aromatic N) is 2. The Labute approximate surface area is 130 Å². The average Bonchev–Trinajstić information content (AvgIpc) is 2.80. The van der Waals surface area contributed by atoms with Crippen molar-refractivity contribution in [3.8, 4) is 0 Å². The molecule has 0 saturated carbocycles. The lowest BCUT2D eigenvalue weighted by Crippen LogP contribution is -2.39. The lowest BCUT2D eigenvalue weighted by atomic mass is 10.1. The van der Waals surface area contributed by atoms with Crippen LogP contribution in [0.4, 0.5) is 10.8 Å². The predicted octanol–water partition coefficient (Wildman–Crippen LogP) is 1.76. The minimum absolute atomic E-state index is 0.0810. The molecule has 2 heterocycles. The third-order valence-electron chi connectivity index (χ3n) is 3.74. The Bertz CT molecular complexity index is 480. The summed E-state index contributed by atoms with van der Waals surface area (Å²) in [5.41, 5.74) is 6.35. The largest absolute Gasteiger partial charge is 0.382 e. The number of anilines is 2. The summed E-state index contributed by atoms with van der Waals surface area (Å²) in [6.07, 6.45) is 2.16. The van der Waals surface area contributed by atoms with E-state index in [0.717, 1.165) is 37.5 Å². The third-order valence-corrected chi connectivity index (χ3v) is 4.53. The molecule has 0 atom stereocenters. The van der Waals surface area contributed by atoms with Gasteiger partial charge in [-0.25, -0.2) is 0 Å². The van der Waals surface area contributed by atoms with Crippen molar-refractivity contribution in [3.63, 3.8) is 0 Å². The molecule has 2 rings (SSSR count). The van der Waals surface area contributed by atoms with Gasteiger partial charge >= 0.3 is 0 Å². The molecular weight excluding hydrogens is 286 g/mol. The van der Waals surface area contributed by atoms with Crippen molar-refractivity contribution in [3.05, 3.63) is 5.56 Å². The van der Waals surface area contributed by atoms with Crippen LogP contribution in [-0.2, 0) is 0 Å². The molecule has 0 spiro atoms. The maximum absolute atomic E-state index is 12.2. The second kappa shape index (κ2) is 7.09. The normalized spacial score (nSPS) is 17.1. The van der Waals surface area contributed by atoms with Gasteiger partial charge in [0, 0.05) is 25.2 Å². The highest BCUT2D eigenvalue weighted by Crippen LogP contribution is 2.29. The second-order valence-electron chi connectivity index (χ2n) is 5.75. The fraction of sp³-hybridized carbons (Fsp3) is 0.714. The lowest BCUT2D eigenvalue weighted by molar-refractivity contribution is 0.0945. The Morgan fingerprint density at radius 3 is 2.71 bits per heavy atom.